The van der Waals surface area contributed by atoms with Crippen molar-refractivity contribution in [2.45, 2.75) is 32.1 Å². The van der Waals surface area contributed by atoms with Crippen LogP contribution >= 0.6 is 0 Å². The van der Waals surface area contributed by atoms with Crippen molar-refractivity contribution in [2.75, 3.05) is 0 Å². The van der Waals surface area contributed by atoms with Crippen LogP contribution in [-0.2, 0) is 0 Å². The Hall–Kier alpha value is -1.82. The van der Waals surface area contributed by atoms with Crippen molar-refractivity contribution in [3.63, 3.8) is 0 Å². The van der Waals surface area contributed by atoms with Crippen LogP contribution in [0.2, 0.25) is 0 Å². The van der Waals surface area contributed by atoms with E-state index in [0.29, 0.717) is 5.92 Å². The normalized spacial score (nSPS) is 13.7. The molecule has 0 atom stereocenters. The molecular weight excluding hydrogens is 228 g/mol. The molecular formula is C19H20. The predicted octanol–water partition coefficient (Wildman–Crippen LogP) is 5.49. The molecule has 0 saturated heterocycles. The lowest BCUT2D eigenvalue weighted by Gasteiger charge is -2.20. The maximum Gasteiger partial charge on any atom is 0.0101 e. The molecule has 0 spiro atoms. The molecule has 0 saturated carbocycles. The Labute approximate surface area is 115 Å². The van der Waals surface area contributed by atoms with Crippen molar-refractivity contribution in [1.82, 2.24) is 0 Å². The second-order valence-electron chi connectivity index (χ2n) is 5.29. The van der Waals surface area contributed by atoms with Crippen LogP contribution in [-0.4, -0.2) is 0 Å². The molecule has 0 nitrogen and oxygen atoms in total. The van der Waals surface area contributed by atoms with Gasteiger partial charge in [0.15, 0.2) is 0 Å². The summed E-state index contributed by atoms with van der Waals surface area (Å²) in [7, 11) is 0. The lowest BCUT2D eigenvalue weighted by Crippen LogP contribution is -2.03. The second kappa shape index (κ2) is 5.44. The summed E-state index contributed by atoms with van der Waals surface area (Å²) in [5.41, 5.74) is 5.72. The fourth-order valence-corrected chi connectivity index (χ4v) is 3.03. The minimum Gasteiger partial charge on any atom is -0.0654 e. The minimum atomic E-state index is 0.544. The predicted molar refractivity (Wildman–Crippen MR) is 83.2 cm³/mol. The van der Waals surface area contributed by atoms with E-state index in [0.717, 1.165) is 0 Å². The van der Waals surface area contributed by atoms with Gasteiger partial charge >= 0.3 is 0 Å². The van der Waals surface area contributed by atoms with Gasteiger partial charge in [-0.3, -0.25) is 0 Å². The molecule has 0 bridgehead atoms. The van der Waals surface area contributed by atoms with E-state index in [-0.39, 0.29) is 0 Å². The highest BCUT2D eigenvalue weighted by Crippen LogP contribution is 2.37. The van der Waals surface area contributed by atoms with Crippen LogP contribution in [0, 0.1) is 0 Å². The molecule has 0 unspecified atom stereocenters. The molecule has 0 aliphatic heterocycles. The average molecular weight is 248 g/mol. The van der Waals surface area contributed by atoms with Crippen molar-refractivity contribution >= 4 is 12.2 Å². The molecule has 0 fully saturated rings. The first-order valence-corrected chi connectivity index (χ1v) is 7.26. The van der Waals surface area contributed by atoms with Crippen LogP contribution < -0.4 is 0 Å². The Balaban J connectivity index is 2.12. The van der Waals surface area contributed by atoms with Gasteiger partial charge in [0, 0.05) is 5.92 Å². The van der Waals surface area contributed by atoms with Gasteiger partial charge in [0.2, 0.25) is 0 Å². The van der Waals surface area contributed by atoms with Gasteiger partial charge in [-0.1, -0.05) is 80.4 Å². The third kappa shape index (κ3) is 2.35. The highest BCUT2D eigenvalue weighted by molar-refractivity contribution is 5.76. The van der Waals surface area contributed by atoms with E-state index < -0.39 is 0 Å². The average Bonchev–Trinajstić information content (AvgIpc) is 2.62. The number of rotatable bonds is 3. The summed E-state index contributed by atoms with van der Waals surface area (Å²) in [6, 6.07) is 17.7. The van der Waals surface area contributed by atoms with Gasteiger partial charge in [-0.2, -0.15) is 0 Å². The maximum absolute atomic E-state index is 2.29. The monoisotopic (exact) mass is 248 g/mol. The molecule has 96 valence electrons. The smallest absolute Gasteiger partial charge is 0.0101 e. The fraction of sp³-hybridized carbons (Fsp3) is 0.263. The number of unbranched alkanes of at least 4 members (excludes halogenated alkanes) is 1. The largest absolute Gasteiger partial charge is 0.0654 e. The van der Waals surface area contributed by atoms with Crippen molar-refractivity contribution < 1.29 is 0 Å². The summed E-state index contributed by atoms with van der Waals surface area (Å²) < 4.78 is 0. The van der Waals surface area contributed by atoms with Crippen LogP contribution in [0.5, 0.6) is 0 Å². The van der Waals surface area contributed by atoms with Gasteiger partial charge in [-0.25, -0.2) is 0 Å². The fourth-order valence-electron chi connectivity index (χ4n) is 3.03. The van der Waals surface area contributed by atoms with E-state index in [4.69, 9.17) is 0 Å². The topological polar surface area (TPSA) is 0 Å². The van der Waals surface area contributed by atoms with Crippen molar-refractivity contribution in [3.8, 4) is 0 Å². The van der Waals surface area contributed by atoms with Gasteiger partial charge in [0.1, 0.15) is 0 Å². The molecule has 0 aromatic heterocycles. The zero-order valence-corrected chi connectivity index (χ0v) is 11.5. The Morgan fingerprint density at radius 3 is 1.84 bits per heavy atom. The van der Waals surface area contributed by atoms with E-state index >= 15 is 0 Å². The Morgan fingerprint density at radius 2 is 1.32 bits per heavy atom. The Kier molecular flexibility index (Phi) is 3.50. The van der Waals surface area contributed by atoms with E-state index in [9.17, 15) is 0 Å². The maximum atomic E-state index is 2.29. The third-order valence-electron chi connectivity index (χ3n) is 4.03. The molecule has 19 heavy (non-hydrogen) atoms. The standard InChI is InChI=1S/C19H20/c1-2-3-10-19-17-11-6-4-8-15(17)13-14-16-9-5-7-12-18(16)19/h4-9,11-14,19H,2-3,10H2,1H3. The quantitative estimate of drug-likeness (QED) is 0.673. The van der Waals surface area contributed by atoms with Crippen LogP contribution in [0.4, 0.5) is 0 Å². The van der Waals surface area contributed by atoms with Gasteiger partial charge in [0.25, 0.3) is 0 Å². The zero-order valence-electron chi connectivity index (χ0n) is 11.5. The zero-order chi connectivity index (χ0) is 13.1. The lowest BCUT2D eigenvalue weighted by atomic mass is 9.84. The van der Waals surface area contributed by atoms with Crippen molar-refractivity contribution in [2.24, 2.45) is 0 Å². The minimum absolute atomic E-state index is 0.544. The van der Waals surface area contributed by atoms with Crippen LogP contribution in [0.25, 0.3) is 12.2 Å². The lowest BCUT2D eigenvalue weighted by molar-refractivity contribution is 0.649. The highest BCUT2D eigenvalue weighted by Gasteiger charge is 2.20. The van der Waals surface area contributed by atoms with E-state index in [1.807, 2.05) is 0 Å². The first-order chi connectivity index (χ1) is 9.40. The van der Waals surface area contributed by atoms with Crippen molar-refractivity contribution in [1.29, 1.82) is 0 Å². The Morgan fingerprint density at radius 1 is 0.789 bits per heavy atom. The summed E-state index contributed by atoms with van der Waals surface area (Å²) in [6.07, 6.45) is 8.31. The van der Waals surface area contributed by atoms with Gasteiger partial charge in [-0.05, 0) is 28.7 Å². The summed E-state index contributed by atoms with van der Waals surface area (Å²) in [6.45, 7) is 2.27. The van der Waals surface area contributed by atoms with Gasteiger partial charge in [-0.15, -0.1) is 0 Å². The molecule has 0 amide bonds. The molecule has 2 aromatic carbocycles. The first-order valence-electron chi connectivity index (χ1n) is 7.26. The molecule has 0 heterocycles. The van der Waals surface area contributed by atoms with Crippen molar-refractivity contribution in [3.05, 3.63) is 70.8 Å². The Bertz CT molecular complexity index is 543. The molecule has 0 heteroatoms. The van der Waals surface area contributed by atoms with E-state index in [2.05, 4.69) is 67.6 Å². The number of benzene rings is 2. The number of fused-ring (bicyclic) bond motifs is 2. The summed E-state index contributed by atoms with van der Waals surface area (Å²) in [4.78, 5) is 0. The van der Waals surface area contributed by atoms with Crippen LogP contribution in [0.1, 0.15) is 54.4 Å². The number of hydrogen-bond donors (Lipinski definition) is 0. The van der Waals surface area contributed by atoms with E-state index in [1.165, 1.54) is 41.5 Å². The van der Waals surface area contributed by atoms with Gasteiger partial charge in [0.05, 0.1) is 0 Å². The summed E-state index contributed by atoms with van der Waals surface area (Å²) in [5.74, 6) is 0.544. The second-order valence-corrected chi connectivity index (χ2v) is 5.29. The van der Waals surface area contributed by atoms with Crippen LogP contribution in [0.3, 0.4) is 0 Å². The molecule has 0 radical (unpaired) electrons. The van der Waals surface area contributed by atoms with Gasteiger partial charge < -0.3 is 0 Å². The molecule has 1 aliphatic carbocycles. The molecule has 3 rings (SSSR count). The summed E-state index contributed by atoms with van der Waals surface area (Å²) >= 11 is 0. The highest BCUT2D eigenvalue weighted by atomic mass is 14.2. The molecule has 1 aliphatic rings. The number of hydrogen-bond acceptors (Lipinski definition) is 0. The van der Waals surface area contributed by atoms with Crippen LogP contribution in [0.15, 0.2) is 48.5 Å². The SMILES string of the molecule is CCCCC1c2ccccc2C=Cc2ccccc21. The third-order valence-corrected chi connectivity index (χ3v) is 4.03. The molecule has 2 aromatic rings. The first kappa shape index (κ1) is 12.2. The molecule has 0 N–H and O–H groups in total. The van der Waals surface area contributed by atoms with E-state index in [1.54, 1.807) is 0 Å². The summed E-state index contributed by atoms with van der Waals surface area (Å²) in [5, 5.41) is 0.